The Balaban J connectivity index is 4.08. The minimum Gasteiger partial charge on any atom is -0.462 e. The largest absolute Gasteiger partial charge is 0.462 e. The van der Waals surface area contributed by atoms with Crippen molar-refractivity contribution in [1.82, 2.24) is 0 Å². The summed E-state index contributed by atoms with van der Waals surface area (Å²) < 4.78 is 16.4. The topological polar surface area (TPSA) is 78.9 Å². The van der Waals surface area contributed by atoms with Crippen LogP contribution in [0, 0.1) is 0 Å². The highest BCUT2D eigenvalue weighted by molar-refractivity contribution is 5.71. The highest BCUT2D eigenvalue weighted by atomic mass is 16.6. The lowest BCUT2D eigenvalue weighted by atomic mass is 10.1. The average molecular weight is 637 g/mol. The normalized spacial score (nSPS) is 12.0. The first-order chi connectivity index (χ1) is 22.0. The summed E-state index contributed by atoms with van der Waals surface area (Å²) in [4.78, 5) is 36.9. The van der Waals surface area contributed by atoms with Crippen LogP contribution in [0.25, 0.3) is 0 Å². The summed E-state index contributed by atoms with van der Waals surface area (Å²) in [6.45, 7) is 6.44. The van der Waals surface area contributed by atoms with Gasteiger partial charge in [0.15, 0.2) is 6.10 Å². The Morgan fingerprint density at radius 1 is 0.422 bits per heavy atom. The minimum atomic E-state index is -0.758. The van der Waals surface area contributed by atoms with Crippen molar-refractivity contribution < 1.29 is 28.6 Å². The summed E-state index contributed by atoms with van der Waals surface area (Å²) >= 11 is 0. The Labute approximate surface area is 278 Å². The van der Waals surface area contributed by atoms with Crippen LogP contribution < -0.4 is 0 Å². The van der Waals surface area contributed by atoms with Gasteiger partial charge in [0, 0.05) is 19.3 Å². The number of unbranched alkanes of at least 4 members (excludes halogenated alkanes) is 21. The van der Waals surface area contributed by atoms with Crippen LogP contribution in [0.15, 0.2) is 12.2 Å². The zero-order chi connectivity index (χ0) is 33.1. The second-order valence-electron chi connectivity index (χ2n) is 12.8. The summed E-state index contributed by atoms with van der Waals surface area (Å²) in [7, 11) is 0. The van der Waals surface area contributed by atoms with Gasteiger partial charge in [-0.15, -0.1) is 0 Å². The van der Waals surface area contributed by atoms with E-state index in [1.807, 2.05) is 0 Å². The van der Waals surface area contributed by atoms with E-state index < -0.39 is 6.10 Å². The molecule has 0 aliphatic heterocycles. The molecule has 0 aromatic heterocycles. The third-order valence-corrected chi connectivity index (χ3v) is 8.27. The first kappa shape index (κ1) is 43.1. The van der Waals surface area contributed by atoms with Gasteiger partial charge in [-0.3, -0.25) is 14.4 Å². The van der Waals surface area contributed by atoms with Crippen molar-refractivity contribution in [2.75, 3.05) is 13.2 Å². The zero-order valence-electron chi connectivity index (χ0n) is 29.9. The van der Waals surface area contributed by atoms with Crippen molar-refractivity contribution in [3.05, 3.63) is 12.2 Å². The van der Waals surface area contributed by atoms with Gasteiger partial charge < -0.3 is 14.2 Å². The SMILES string of the molecule is CCCCCCCC/C=C\CCCCCCCCCC(=O)OCC(COC(=O)CCCCCCC)OC(=O)CCCCCCC. The molecule has 0 bridgehead atoms. The van der Waals surface area contributed by atoms with E-state index in [1.165, 1.54) is 89.9 Å². The molecule has 0 saturated carbocycles. The molecular weight excluding hydrogens is 564 g/mol. The molecular formula is C39H72O6. The highest BCUT2D eigenvalue weighted by Gasteiger charge is 2.19. The van der Waals surface area contributed by atoms with Gasteiger partial charge in [-0.1, -0.05) is 148 Å². The first-order valence-electron chi connectivity index (χ1n) is 19.2. The van der Waals surface area contributed by atoms with Crippen molar-refractivity contribution in [1.29, 1.82) is 0 Å². The number of carbonyl (C=O) groups excluding carboxylic acids is 3. The second-order valence-corrected chi connectivity index (χ2v) is 12.8. The van der Waals surface area contributed by atoms with E-state index in [0.717, 1.165) is 70.6 Å². The number of rotatable bonds is 34. The van der Waals surface area contributed by atoms with Crippen LogP contribution in [0.4, 0.5) is 0 Å². The van der Waals surface area contributed by atoms with E-state index in [9.17, 15) is 14.4 Å². The molecule has 0 aromatic rings. The van der Waals surface area contributed by atoms with Gasteiger partial charge in [0.1, 0.15) is 13.2 Å². The van der Waals surface area contributed by atoms with Gasteiger partial charge >= 0.3 is 17.9 Å². The number of allylic oxidation sites excluding steroid dienone is 2. The van der Waals surface area contributed by atoms with E-state index >= 15 is 0 Å². The van der Waals surface area contributed by atoms with Crippen LogP contribution in [0.2, 0.25) is 0 Å². The quantitative estimate of drug-likeness (QED) is 0.0303. The minimum absolute atomic E-state index is 0.0718. The van der Waals surface area contributed by atoms with E-state index in [0.29, 0.717) is 19.3 Å². The number of hydrogen-bond acceptors (Lipinski definition) is 6. The smallest absolute Gasteiger partial charge is 0.306 e. The van der Waals surface area contributed by atoms with Crippen molar-refractivity contribution >= 4 is 17.9 Å². The molecule has 45 heavy (non-hydrogen) atoms. The fourth-order valence-electron chi connectivity index (χ4n) is 5.32. The van der Waals surface area contributed by atoms with Crippen LogP contribution in [0.3, 0.4) is 0 Å². The summed E-state index contributed by atoms with van der Waals surface area (Å²) in [5.74, 6) is -0.906. The maximum Gasteiger partial charge on any atom is 0.306 e. The number of esters is 3. The maximum atomic E-state index is 12.4. The van der Waals surface area contributed by atoms with Gasteiger partial charge in [0.2, 0.25) is 0 Å². The Kier molecular flexibility index (Phi) is 33.6. The summed E-state index contributed by atoms with van der Waals surface area (Å²) in [5.41, 5.74) is 0. The van der Waals surface area contributed by atoms with Gasteiger partial charge in [-0.2, -0.15) is 0 Å². The van der Waals surface area contributed by atoms with E-state index in [4.69, 9.17) is 14.2 Å². The number of carbonyl (C=O) groups is 3. The molecule has 0 aliphatic rings. The Morgan fingerprint density at radius 3 is 1.11 bits per heavy atom. The molecule has 0 amide bonds. The number of ether oxygens (including phenoxy) is 3. The molecule has 264 valence electrons. The summed E-state index contributed by atoms with van der Waals surface area (Å²) in [6.07, 6.45) is 34.0. The Morgan fingerprint density at radius 2 is 0.733 bits per heavy atom. The molecule has 0 saturated heterocycles. The van der Waals surface area contributed by atoms with Gasteiger partial charge in [-0.25, -0.2) is 0 Å². The van der Waals surface area contributed by atoms with Crippen molar-refractivity contribution in [2.24, 2.45) is 0 Å². The molecule has 0 radical (unpaired) electrons. The molecule has 1 atom stereocenters. The molecule has 0 aliphatic carbocycles. The van der Waals surface area contributed by atoms with Gasteiger partial charge in [0.05, 0.1) is 0 Å². The maximum absolute atomic E-state index is 12.4. The third kappa shape index (κ3) is 33.3. The molecule has 0 spiro atoms. The lowest BCUT2D eigenvalue weighted by Crippen LogP contribution is -2.30. The van der Waals surface area contributed by atoms with Crippen LogP contribution in [0.1, 0.15) is 201 Å². The van der Waals surface area contributed by atoms with Crippen LogP contribution >= 0.6 is 0 Å². The number of hydrogen-bond donors (Lipinski definition) is 0. The van der Waals surface area contributed by atoms with E-state index in [1.54, 1.807) is 0 Å². The fraction of sp³-hybridized carbons (Fsp3) is 0.872. The lowest BCUT2D eigenvalue weighted by Gasteiger charge is -2.18. The average Bonchev–Trinajstić information content (AvgIpc) is 3.03. The molecule has 1 unspecified atom stereocenters. The molecule has 0 rings (SSSR count). The second kappa shape index (κ2) is 35.0. The molecule has 0 aromatic carbocycles. The van der Waals surface area contributed by atoms with Crippen LogP contribution in [-0.4, -0.2) is 37.2 Å². The summed E-state index contributed by atoms with van der Waals surface area (Å²) in [5, 5.41) is 0. The molecule has 6 nitrogen and oxygen atoms in total. The molecule has 0 fully saturated rings. The highest BCUT2D eigenvalue weighted by Crippen LogP contribution is 2.13. The zero-order valence-corrected chi connectivity index (χ0v) is 29.9. The van der Waals surface area contributed by atoms with Gasteiger partial charge in [0.25, 0.3) is 0 Å². The van der Waals surface area contributed by atoms with Gasteiger partial charge in [-0.05, 0) is 44.9 Å². The first-order valence-corrected chi connectivity index (χ1v) is 19.2. The summed E-state index contributed by atoms with van der Waals surface area (Å²) in [6, 6.07) is 0. The van der Waals surface area contributed by atoms with Crippen molar-refractivity contribution in [3.63, 3.8) is 0 Å². The standard InChI is InChI=1S/C39H72O6/c1-4-7-10-13-14-15-16-17-18-19-20-21-22-23-24-27-29-32-38(41)44-35-36(45-39(42)33-30-26-12-9-6-3)34-43-37(40)31-28-25-11-8-5-2/h17-18,36H,4-16,19-35H2,1-3H3/b18-17-. The Hall–Kier alpha value is -1.85. The predicted octanol–water partition coefficient (Wildman–Crippen LogP) is 11.5. The van der Waals surface area contributed by atoms with Crippen molar-refractivity contribution in [3.8, 4) is 0 Å². The van der Waals surface area contributed by atoms with E-state index in [2.05, 4.69) is 32.9 Å². The predicted molar refractivity (Wildman–Crippen MR) is 187 cm³/mol. The van der Waals surface area contributed by atoms with E-state index in [-0.39, 0.29) is 31.1 Å². The van der Waals surface area contributed by atoms with Crippen LogP contribution in [0.5, 0.6) is 0 Å². The third-order valence-electron chi connectivity index (χ3n) is 8.27. The lowest BCUT2D eigenvalue weighted by molar-refractivity contribution is -0.167. The Bertz CT molecular complexity index is 704. The fourth-order valence-corrected chi connectivity index (χ4v) is 5.32. The molecule has 0 heterocycles. The van der Waals surface area contributed by atoms with Crippen LogP contribution in [-0.2, 0) is 28.6 Å². The monoisotopic (exact) mass is 637 g/mol. The molecule has 6 heteroatoms. The molecule has 0 N–H and O–H groups in total. The van der Waals surface area contributed by atoms with Crippen molar-refractivity contribution in [2.45, 2.75) is 207 Å².